The summed E-state index contributed by atoms with van der Waals surface area (Å²) >= 11 is 0. The normalized spacial score (nSPS) is 13.7. The Morgan fingerprint density at radius 1 is 0.895 bits per heavy atom. The average molecular weight is 518 g/mol. The van der Waals surface area contributed by atoms with E-state index in [1.54, 1.807) is 19.2 Å². The second kappa shape index (κ2) is 14.4. The van der Waals surface area contributed by atoms with Crippen molar-refractivity contribution >= 4 is 23.2 Å². The van der Waals surface area contributed by atoms with E-state index in [4.69, 9.17) is 14.2 Å². The van der Waals surface area contributed by atoms with E-state index in [1.807, 2.05) is 60.7 Å². The van der Waals surface area contributed by atoms with Gasteiger partial charge in [-0.25, -0.2) is 0 Å². The fourth-order valence-electron chi connectivity index (χ4n) is 4.18. The Bertz CT molecular complexity index is 1180. The molecule has 1 saturated heterocycles. The predicted octanol–water partition coefficient (Wildman–Crippen LogP) is 4.43. The van der Waals surface area contributed by atoms with Gasteiger partial charge in [-0.15, -0.1) is 0 Å². The van der Waals surface area contributed by atoms with E-state index in [0.717, 1.165) is 23.1 Å². The quantitative estimate of drug-likeness (QED) is 0.346. The summed E-state index contributed by atoms with van der Waals surface area (Å²) in [5.41, 5.74) is 4.70. The largest absolute Gasteiger partial charge is 0.385 e. The van der Waals surface area contributed by atoms with Gasteiger partial charge in [-0.2, -0.15) is 0 Å². The van der Waals surface area contributed by atoms with Crippen LogP contribution in [0, 0.1) is 0 Å². The molecule has 38 heavy (non-hydrogen) atoms. The standard InChI is InChI=1S/C30H35N3O5/c1-36-16-5-17-38-22-26-9-8-25(20-28(26)32-29(34)21-33-14-18-37-19-15-33)30(35)31-27-12-10-24(11-13-27)23-6-3-2-4-7-23/h2-4,6-13,20H,5,14-19,21-22H2,1H3,(H,31,35)(H,32,34). The first-order valence-corrected chi connectivity index (χ1v) is 12.9. The Hall–Kier alpha value is -3.56. The topological polar surface area (TPSA) is 89.1 Å². The van der Waals surface area contributed by atoms with Crippen LogP contribution in [0.2, 0.25) is 0 Å². The summed E-state index contributed by atoms with van der Waals surface area (Å²) in [4.78, 5) is 27.9. The van der Waals surface area contributed by atoms with Gasteiger partial charge in [0, 0.05) is 55.9 Å². The van der Waals surface area contributed by atoms with Gasteiger partial charge in [-0.3, -0.25) is 14.5 Å². The first-order chi connectivity index (χ1) is 18.6. The number of morpholine rings is 1. The van der Waals surface area contributed by atoms with Crippen LogP contribution < -0.4 is 10.6 Å². The molecule has 1 heterocycles. The predicted molar refractivity (Wildman–Crippen MR) is 148 cm³/mol. The smallest absolute Gasteiger partial charge is 0.255 e. The third-order valence-corrected chi connectivity index (χ3v) is 6.26. The lowest BCUT2D eigenvalue weighted by atomic mass is 10.1. The van der Waals surface area contributed by atoms with E-state index in [1.165, 1.54) is 0 Å². The number of nitrogens with one attached hydrogen (secondary N) is 2. The molecule has 0 saturated carbocycles. The fraction of sp³-hybridized carbons (Fsp3) is 0.333. The van der Waals surface area contributed by atoms with Crippen molar-refractivity contribution in [1.82, 2.24) is 4.90 Å². The number of hydrogen-bond acceptors (Lipinski definition) is 6. The average Bonchev–Trinajstić information content (AvgIpc) is 2.95. The van der Waals surface area contributed by atoms with Crippen LogP contribution in [0.5, 0.6) is 0 Å². The lowest BCUT2D eigenvalue weighted by Crippen LogP contribution is -2.41. The highest BCUT2D eigenvalue weighted by atomic mass is 16.5. The van der Waals surface area contributed by atoms with Crippen molar-refractivity contribution in [3.8, 4) is 11.1 Å². The van der Waals surface area contributed by atoms with Gasteiger partial charge >= 0.3 is 0 Å². The number of carbonyl (C=O) groups excluding carboxylic acids is 2. The van der Waals surface area contributed by atoms with Crippen molar-refractivity contribution in [3.63, 3.8) is 0 Å². The van der Waals surface area contributed by atoms with Gasteiger partial charge < -0.3 is 24.8 Å². The van der Waals surface area contributed by atoms with Gasteiger partial charge in [0.05, 0.1) is 26.4 Å². The molecule has 1 aliphatic heterocycles. The maximum atomic E-state index is 13.1. The molecule has 0 radical (unpaired) electrons. The third-order valence-electron chi connectivity index (χ3n) is 6.26. The van der Waals surface area contributed by atoms with Crippen molar-refractivity contribution in [1.29, 1.82) is 0 Å². The molecule has 1 aliphatic rings. The van der Waals surface area contributed by atoms with Gasteiger partial charge in [-0.05, 0) is 41.8 Å². The van der Waals surface area contributed by atoms with Crippen LogP contribution in [0.1, 0.15) is 22.3 Å². The van der Waals surface area contributed by atoms with Crippen LogP contribution >= 0.6 is 0 Å². The summed E-state index contributed by atoms with van der Waals surface area (Å²) in [6.07, 6.45) is 0.777. The van der Waals surface area contributed by atoms with Crippen LogP contribution in [-0.4, -0.2) is 69.9 Å². The third kappa shape index (κ3) is 8.22. The molecule has 0 atom stereocenters. The van der Waals surface area contributed by atoms with Crippen LogP contribution in [0.15, 0.2) is 72.8 Å². The van der Waals surface area contributed by atoms with Crippen molar-refractivity contribution in [2.75, 3.05) is 63.8 Å². The Kier molecular flexibility index (Phi) is 10.4. The summed E-state index contributed by atoms with van der Waals surface area (Å²) in [5.74, 6) is -0.393. The second-order valence-electron chi connectivity index (χ2n) is 9.11. The lowest BCUT2D eigenvalue weighted by Gasteiger charge is -2.26. The molecular weight excluding hydrogens is 482 g/mol. The molecule has 0 aromatic heterocycles. The Balaban J connectivity index is 1.43. The fourth-order valence-corrected chi connectivity index (χ4v) is 4.18. The van der Waals surface area contributed by atoms with Crippen molar-refractivity contribution in [3.05, 3.63) is 83.9 Å². The number of hydrogen-bond donors (Lipinski definition) is 2. The van der Waals surface area contributed by atoms with Crippen LogP contribution in [0.3, 0.4) is 0 Å². The lowest BCUT2D eigenvalue weighted by molar-refractivity contribution is -0.118. The molecule has 200 valence electrons. The molecule has 0 aliphatic carbocycles. The minimum absolute atomic E-state index is 0.137. The number of nitrogens with zero attached hydrogens (tertiary/aromatic N) is 1. The van der Waals surface area contributed by atoms with Gasteiger partial charge in [-0.1, -0.05) is 48.5 Å². The number of carbonyl (C=O) groups is 2. The molecule has 2 amide bonds. The highest BCUT2D eigenvalue weighted by molar-refractivity contribution is 6.05. The van der Waals surface area contributed by atoms with Crippen molar-refractivity contribution in [2.45, 2.75) is 13.0 Å². The van der Waals surface area contributed by atoms with E-state index in [9.17, 15) is 9.59 Å². The molecule has 3 aromatic rings. The van der Waals surface area contributed by atoms with Gasteiger partial charge in [0.2, 0.25) is 5.91 Å². The Morgan fingerprint density at radius 3 is 2.37 bits per heavy atom. The molecule has 0 bridgehead atoms. The van der Waals surface area contributed by atoms with E-state index < -0.39 is 0 Å². The maximum Gasteiger partial charge on any atom is 0.255 e. The highest BCUT2D eigenvalue weighted by Gasteiger charge is 2.17. The minimum Gasteiger partial charge on any atom is -0.385 e. The van der Waals surface area contributed by atoms with Gasteiger partial charge in [0.1, 0.15) is 0 Å². The van der Waals surface area contributed by atoms with Crippen LogP contribution in [0.25, 0.3) is 11.1 Å². The maximum absolute atomic E-state index is 13.1. The SMILES string of the molecule is COCCCOCc1ccc(C(=O)Nc2ccc(-c3ccccc3)cc2)cc1NC(=O)CN1CCOCC1. The van der Waals surface area contributed by atoms with E-state index in [0.29, 0.717) is 63.1 Å². The summed E-state index contributed by atoms with van der Waals surface area (Å²) in [6.45, 7) is 4.42. The summed E-state index contributed by atoms with van der Waals surface area (Å²) in [5, 5.41) is 5.94. The zero-order chi connectivity index (χ0) is 26.6. The molecule has 4 rings (SSSR count). The molecule has 2 N–H and O–H groups in total. The molecule has 1 fully saturated rings. The number of anilines is 2. The monoisotopic (exact) mass is 517 g/mol. The molecular formula is C30H35N3O5. The summed E-state index contributed by atoms with van der Waals surface area (Å²) in [7, 11) is 1.66. The Morgan fingerprint density at radius 2 is 1.63 bits per heavy atom. The molecule has 3 aromatic carbocycles. The molecule has 8 nitrogen and oxygen atoms in total. The molecule has 0 unspecified atom stereocenters. The van der Waals surface area contributed by atoms with Gasteiger partial charge in [0.15, 0.2) is 0 Å². The number of methoxy groups -OCH3 is 1. The van der Waals surface area contributed by atoms with E-state index >= 15 is 0 Å². The van der Waals surface area contributed by atoms with Crippen molar-refractivity contribution in [2.24, 2.45) is 0 Å². The number of amides is 2. The minimum atomic E-state index is -0.256. The van der Waals surface area contributed by atoms with Crippen LogP contribution in [0.4, 0.5) is 11.4 Å². The van der Waals surface area contributed by atoms with E-state index in [-0.39, 0.29) is 18.4 Å². The van der Waals surface area contributed by atoms with E-state index in [2.05, 4.69) is 15.5 Å². The zero-order valence-electron chi connectivity index (χ0n) is 21.8. The summed E-state index contributed by atoms with van der Waals surface area (Å²) < 4.78 is 16.2. The highest BCUT2D eigenvalue weighted by Crippen LogP contribution is 2.23. The first-order valence-electron chi connectivity index (χ1n) is 12.9. The number of rotatable bonds is 12. The van der Waals surface area contributed by atoms with Crippen molar-refractivity contribution < 1.29 is 23.8 Å². The summed E-state index contributed by atoms with van der Waals surface area (Å²) in [6, 6.07) is 23.1. The second-order valence-corrected chi connectivity index (χ2v) is 9.11. The zero-order valence-corrected chi connectivity index (χ0v) is 21.8. The molecule has 8 heteroatoms. The number of benzene rings is 3. The Labute approximate surface area is 223 Å². The van der Waals surface area contributed by atoms with Gasteiger partial charge in [0.25, 0.3) is 5.91 Å². The van der Waals surface area contributed by atoms with Crippen LogP contribution in [-0.2, 0) is 25.6 Å². The first kappa shape index (κ1) is 27.5. The number of ether oxygens (including phenoxy) is 3. The molecule has 0 spiro atoms.